The molecule has 2 heteroatoms. The Kier molecular flexibility index (Phi) is 4.23. The molecular formula is C14H24N2. The van der Waals surface area contributed by atoms with Gasteiger partial charge in [0, 0.05) is 0 Å². The molecule has 0 bridgehead atoms. The molecule has 0 spiro atoms. The number of nitrogens with zero attached hydrogens (tertiary/aromatic N) is 2. The van der Waals surface area contributed by atoms with Crippen molar-refractivity contribution < 1.29 is 0 Å². The topological polar surface area (TPSA) is 27.0 Å². The highest BCUT2D eigenvalue weighted by Gasteiger charge is 2.30. The Balaban J connectivity index is 1.91. The predicted octanol–water partition coefficient (Wildman–Crippen LogP) is 3.19. The second-order valence-electron chi connectivity index (χ2n) is 5.69. The summed E-state index contributed by atoms with van der Waals surface area (Å²) in [7, 11) is 0. The molecule has 1 aliphatic carbocycles. The molecule has 2 aliphatic rings. The third-order valence-corrected chi connectivity index (χ3v) is 4.42. The summed E-state index contributed by atoms with van der Waals surface area (Å²) in [6.07, 6.45) is 9.15. The first-order valence-corrected chi connectivity index (χ1v) is 6.95. The molecular weight excluding hydrogens is 196 g/mol. The second-order valence-corrected chi connectivity index (χ2v) is 5.69. The first kappa shape index (κ1) is 11.9. The molecule has 2 fully saturated rings. The Morgan fingerprint density at radius 1 is 1.06 bits per heavy atom. The summed E-state index contributed by atoms with van der Waals surface area (Å²) in [4.78, 5) is 2.45. The zero-order valence-electron chi connectivity index (χ0n) is 10.5. The normalized spacial score (nSPS) is 34.2. The number of likely N-dealkylation sites (tertiary alicyclic amines) is 1. The lowest BCUT2D eigenvalue weighted by Crippen LogP contribution is -2.43. The third-order valence-electron chi connectivity index (χ3n) is 4.42. The molecule has 1 saturated heterocycles. The van der Waals surface area contributed by atoms with Crippen LogP contribution in [0.5, 0.6) is 0 Å². The van der Waals surface area contributed by atoms with Crippen LogP contribution >= 0.6 is 0 Å². The van der Waals surface area contributed by atoms with Gasteiger partial charge in [-0.1, -0.05) is 26.2 Å². The van der Waals surface area contributed by atoms with Crippen molar-refractivity contribution >= 4 is 0 Å². The SMILES string of the molecule is CC1CCC(C(C#N)N2CCCCC2)CC1. The summed E-state index contributed by atoms with van der Waals surface area (Å²) < 4.78 is 0. The van der Waals surface area contributed by atoms with E-state index >= 15 is 0 Å². The van der Waals surface area contributed by atoms with Crippen LogP contribution in [-0.4, -0.2) is 24.0 Å². The van der Waals surface area contributed by atoms with Crippen molar-refractivity contribution in [2.75, 3.05) is 13.1 Å². The molecule has 0 amide bonds. The number of hydrogen-bond donors (Lipinski definition) is 0. The molecule has 90 valence electrons. The molecule has 0 aromatic heterocycles. The van der Waals surface area contributed by atoms with Crippen LogP contribution in [0.15, 0.2) is 0 Å². The highest BCUT2D eigenvalue weighted by atomic mass is 15.2. The highest BCUT2D eigenvalue weighted by molar-refractivity contribution is 4.98. The summed E-state index contributed by atoms with van der Waals surface area (Å²) in [6, 6.07) is 2.80. The summed E-state index contributed by atoms with van der Waals surface area (Å²) in [6.45, 7) is 4.66. The van der Waals surface area contributed by atoms with E-state index in [1.807, 2.05) is 0 Å². The van der Waals surface area contributed by atoms with Crippen molar-refractivity contribution in [3.8, 4) is 6.07 Å². The minimum Gasteiger partial charge on any atom is -0.288 e. The van der Waals surface area contributed by atoms with Crippen LogP contribution in [-0.2, 0) is 0 Å². The Hall–Kier alpha value is -0.550. The largest absolute Gasteiger partial charge is 0.288 e. The van der Waals surface area contributed by atoms with Crippen molar-refractivity contribution in [1.29, 1.82) is 5.26 Å². The minimum atomic E-state index is 0.216. The number of hydrogen-bond acceptors (Lipinski definition) is 2. The molecule has 1 heterocycles. The number of rotatable bonds is 2. The van der Waals surface area contributed by atoms with Crippen LogP contribution in [0, 0.1) is 23.2 Å². The molecule has 1 unspecified atom stereocenters. The second kappa shape index (κ2) is 5.68. The van der Waals surface area contributed by atoms with E-state index in [2.05, 4.69) is 17.9 Å². The fourth-order valence-electron chi connectivity index (χ4n) is 3.28. The molecule has 0 radical (unpaired) electrons. The monoisotopic (exact) mass is 220 g/mol. The molecule has 2 nitrogen and oxygen atoms in total. The van der Waals surface area contributed by atoms with E-state index in [-0.39, 0.29) is 6.04 Å². The van der Waals surface area contributed by atoms with E-state index in [0.29, 0.717) is 5.92 Å². The van der Waals surface area contributed by atoms with Crippen LogP contribution in [0.25, 0.3) is 0 Å². The maximum atomic E-state index is 9.40. The van der Waals surface area contributed by atoms with Crippen LogP contribution in [0.4, 0.5) is 0 Å². The van der Waals surface area contributed by atoms with Gasteiger partial charge in [-0.15, -0.1) is 0 Å². The highest BCUT2D eigenvalue weighted by Crippen LogP contribution is 2.32. The van der Waals surface area contributed by atoms with Gasteiger partial charge in [0.2, 0.25) is 0 Å². The van der Waals surface area contributed by atoms with Crippen molar-refractivity contribution in [2.45, 2.75) is 57.9 Å². The van der Waals surface area contributed by atoms with Gasteiger partial charge in [0.1, 0.15) is 6.04 Å². The number of nitriles is 1. The van der Waals surface area contributed by atoms with Gasteiger partial charge in [-0.2, -0.15) is 5.26 Å². The molecule has 0 aromatic carbocycles. The van der Waals surface area contributed by atoms with Gasteiger partial charge >= 0.3 is 0 Å². The van der Waals surface area contributed by atoms with Gasteiger partial charge in [-0.25, -0.2) is 0 Å². The summed E-state index contributed by atoms with van der Waals surface area (Å²) in [5.41, 5.74) is 0. The zero-order chi connectivity index (χ0) is 11.4. The minimum absolute atomic E-state index is 0.216. The van der Waals surface area contributed by atoms with E-state index in [1.54, 1.807) is 0 Å². The van der Waals surface area contributed by atoms with E-state index in [0.717, 1.165) is 19.0 Å². The fourth-order valence-corrected chi connectivity index (χ4v) is 3.28. The Labute approximate surface area is 99.6 Å². The lowest BCUT2D eigenvalue weighted by atomic mass is 9.79. The van der Waals surface area contributed by atoms with Crippen molar-refractivity contribution in [1.82, 2.24) is 4.90 Å². The maximum absolute atomic E-state index is 9.40. The van der Waals surface area contributed by atoms with E-state index in [1.165, 1.54) is 44.9 Å². The van der Waals surface area contributed by atoms with Gasteiger partial charge in [-0.05, 0) is 50.6 Å². The summed E-state index contributed by atoms with van der Waals surface area (Å²) in [5.74, 6) is 1.54. The van der Waals surface area contributed by atoms with E-state index in [4.69, 9.17) is 0 Å². The summed E-state index contributed by atoms with van der Waals surface area (Å²) in [5, 5.41) is 9.40. The average molecular weight is 220 g/mol. The zero-order valence-corrected chi connectivity index (χ0v) is 10.5. The quantitative estimate of drug-likeness (QED) is 0.714. The molecule has 1 aliphatic heterocycles. The lowest BCUT2D eigenvalue weighted by Gasteiger charge is -2.37. The van der Waals surface area contributed by atoms with E-state index in [9.17, 15) is 5.26 Å². The first-order chi connectivity index (χ1) is 7.81. The Bertz CT molecular complexity index is 242. The molecule has 0 aromatic rings. The lowest BCUT2D eigenvalue weighted by molar-refractivity contribution is 0.122. The molecule has 2 rings (SSSR count). The van der Waals surface area contributed by atoms with Gasteiger partial charge in [-0.3, -0.25) is 4.90 Å². The molecule has 1 atom stereocenters. The Morgan fingerprint density at radius 3 is 2.25 bits per heavy atom. The molecule has 1 saturated carbocycles. The maximum Gasteiger partial charge on any atom is 0.101 e. The van der Waals surface area contributed by atoms with Crippen molar-refractivity contribution in [3.63, 3.8) is 0 Å². The van der Waals surface area contributed by atoms with E-state index < -0.39 is 0 Å². The fraction of sp³-hybridized carbons (Fsp3) is 0.929. The smallest absolute Gasteiger partial charge is 0.101 e. The van der Waals surface area contributed by atoms with Gasteiger partial charge in [0.25, 0.3) is 0 Å². The summed E-state index contributed by atoms with van der Waals surface area (Å²) >= 11 is 0. The van der Waals surface area contributed by atoms with Crippen LogP contribution < -0.4 is 0 Å². The predicted molar refractivity (Wildman–Crippen MR) is 65.9 cm³/mol. The first-order valence-electron chi connectivity index (χ1n) is 6.95. The van der Waals surface area contributed by atoms with Crippen LogP contribution in [0.3, 0.4) is 0 Å². The van der Waals surface area contributed by atoms with Gasteiger partial charge < -0.3 is 0 Å². The van der Waals surface area contributed by atoms with Crippen molar-refractivity contribution in [3.05, 3.63) is 0 Å². The number of piperidine rings is 1. The van der Waals surface area contributed by atoms with Crippen molar-refractivity contribution in [2.24, 2.45) is 11.8 Å². The molecule has 16 heavy (non-hydrogen) atoms. The Morgan fingerprint density at radius 2 is 1.69 bits per heavy atom. The molecule has 0 N–H and O–H groups in total. The standard InChI is InChI=1S/C14H24N2/c1-12-5-7-13(8-6-12)14(11-15)16-9-3-2-4-10-16/h12-14H,2-10H2,1H3. The van der Waals surface area contributed by atoms with Gasteiger partial charge in [0.05, 0.1) is 6.07 Å². The van der Waals surface area contributed by atoms with Crippen LogP contribution in [0.2, 0.25) is 0 Å². The van der Waals surface area contributed by atoms with Crippen LogP contribution in [0.1, 0.15) is 51.9 Å². The van der Waals surface area contributed by atoms with Gasteiger partial charge in [0.15, 0.2) is 0 Å². The third kappa shape index (κ3) is 2.77. The average Bonchev–Trinajstić information content (AvgIpc) is 2.34.